The predicted octanol–water partition coefficient (Wildman–Crippen LogP) is 1.52. The Hall–Kier alpha value is -0.960. The molecule has 1 aromatic rings. The minimum Gasteiger partial charge on any atom is -0.323 e. The minimum absolute atomic E-state index is 0.00120. The lowest BCUT2D eigenvalue weighted by Crippen LogP contribution is -2.26. The molecule has 3 nitrogen and oxygen atoms in total. The van der Waals surface area contributed by atoms with Gasteiger partial charge in [0.05, 0.1) is 0 Å². The van der Waals surface area contributed by atoms with Crippen molar-refractivity contribution in [2.24, 2.45) is 11.1 Å². The molecule has 2 N–H and O–H groups in total. The molecule has 0 aromatic carbocycles. The maximum atomic E-state index is 5.99. The molecule has 0 radical (unpaired) electrons. The van der Waals surface area contributed by atoms with Crippen LogP contribution in [0.5, 0.6) is 0 Å². The average molecular weight is 165 g/mol. The van der Waals surface area contributed by atoms with Crippen molar-refractivity contribution in [2.45, 2.75) is 26.8 Å². The molecular weight excluding hydrogens is 150 g/mol. The molecule has 3 heteroatoms. The van der Waals surface area contributed by atoms with Crippen molar-refractivity contribution in [3.05, 3.63) is 24.3 Å². The van der Waals surface area contributed by atoms with E-state index in [4.69, 9.17) is 5.73 Å². The van der Waals surface area contributed by atoms with Gasteiger partial charge in [0.1, 0.15) is 6.33 Å². The summed E-state index contributed by atoms with van der Waals surface area (Å²) in [6.07, 6.45) is 5.05. The second-order valence-electron chi connectivity index (χ2n) is 4.02. The minimum atomic E-state index is -0.00120. The van der Waals surface area contributed by atoms with Crippen LogP contribution in [0.15, 0.2) is 18.7 Å². The Bertz CT molecular complexity index is 238. The normalized spacial score (nSPS) is 14.3. The molecule has 0 aliphatic carbocycles. The van der Waals surface area contributed by atoms with Gasteiger partial charge in [-0.05, 0) is 5.41 Å². The first-order valence-electron chi connectivity index (χ1n) is 4.02. The smallest absolute Gasteiger partial charge is 0.115 e. The molecular formula is C9H15N3. The Labute approximate surface area is 73.0 Å². The highest BCUT2D eigenvalue weighted by atomic mass is 14.8. The zero-order valence-electron chi connectivity index (χ0n) is 7.78. The summed E-state index contributed by atoms with van der Waals surface area (Å²) in [5.41, 5.74) is 7.04. The SMILES string of the molecule is CC(C)(C)C(N)c1cncnc1. The molecule has 0 saturated carbocycles. The van der Waals surface area contributed by atoms with Crippen molar-refractivity contribution < 1.29 is 0 Å². The van der Waals surface area contributed by atoms with Crippen LogP contribution in [0.4, 0.5) is 0 Å². The second-order valence-corrected chi connectivity index (χ2v) is 4.02. The number of aromatic nitrogens is 2. The molecule has 1 unspecified atom stereocenters. The van der Waals surface area contributed by atoms with E-state index in [1.165, 1.54) is 6.33 Å². The van der Waals surface area contributed by atoms with Crippen LogP contribution in [-0.4, -0.2) is 9.97 Å². The molecule has 66 valence electrons. The Morgan fingerprint density at radius 3 is 2.17 bits per heavy atom. The summed E-state index contributed by atoms with van der Waals surface area (Å²) in [6.45, 7) is 6.31. The number of nitrogens with two attached hydrogens (primary N) is 1. The lowest BCUT2D eigenvalue weighted by Gasteiger charge is -2.26. The molecule has 1 atom stereocenters. The van der Waals surface area contributed by atoms with E-state index >= 15 is 0 Å². The van der Waals surface area contributed by atoms with E-state index in [2.05, 4.69) is 30.7 Å². The van der Waals surface area contributed by atoms with E-state index in [-0.39, 0.29) is 11.5 Å². The fraction of sp³-hybridized carbons (Fsp3) is 0.556. The van der Waals surface area contributed by atoms with E-state index in [0.29, 0.717) is 0 Å². The number of hydrogen-bond donors (Lipinski definition) is 1. The Kier molecular flexibility index (Phi) is 2.43. The van der Waals surface area contributed by atoms with Crippen LogP contribution in [0.3, 0.4) is 0 Å². The lowest BCUT2D eigenvalue weighted by molar-refractivity contribution is 0.326. The summed E-state index contributed by atoms with van der Waals surface area (Å²) in [7, 11) is 0. The summed E-state index contributed by atoms with van der Waals surface area (Å²) < 4.78 is 0. The van der Waals surface area contributed by atoms with Gasteiger partial charge in [-0.15, -0.1) is 0 Å². The lowest BCUT2D eigenvalue weighted by atomic mass is 9.84. The van der Waals surface area contributed by atoms with Gasteiger partial charge in [-0.25, -0.2) is 9.97 Å². The monoisotopic (exact) mass is 165 g/mol. The van der Waals surface area contributed by atoms with E-state index in [1.54, 1.807) is 12.4 Å². The summed E-state index contributed by atoms with van der Waals surface area (Å²) in [5, 5.41) is 0. The van der Waals surface area contributed by atoms with Crippen molar-refractivity contribution in [3.63, 3.8) is 0 Å². The largest absolute Gasteiger partial charge is 0.323 e. The zero-order chi connectivity index (χ0) is 9.19. The van der Waals surface area contributed by atoms with Crippen LogP contribution >= 0.6 is 0 Å². The highest BCUT2D eigenvalue weighted by Gasteiger charge is 2.22. The summed E-state index contributed by atoms with van der Waals surface area (Å²) in [6, 6.07) is -0.00120. The quantitative estimate of drug-likeness (QED) is 0.686. The summed E-state index contributed by atoms with van der Waals surface area (Å²) >= 11 is 0. The van der Waals surface area contributed by atoms with Gasteiger partial charge < -0.3 is 5.73 Å². The van der Waals surface area contributed by atoms with Gasteiger partial charge in [0, 0.05) is 24.0 Å². The molecule has 12 heavy (non-hydrogen) atoms. The van der Waals surface area contributed by atoms with Gasteiger partial charge in [-0.2, -0.15) is 0 Å². The fourth-order valence-electron chi connectivity index (χ4n) is 0.971. The van der Waals surface area contributed by atoms with Gasteiger partial charge >= 0.3 is 0 Å². The highest BCUT2D eigenvalue weighted by Crippen LogP contribution is 2.29. The second kappa shape index (κ2) is 3.19. The predicted molar refractivity (Wildman–Crippen MR) is 48.4 cm³/mol. The van der Waals surface area contributed by atoms with E-state index in [1.807, 2.05) is 0 Å². The molecule has 0 spiro atoms. The van der Waals surface area contributed by atoms with Crippen molar-refractivity contribution >= 4 is 0 Å². The molecule has 0 amide bonds. The zero-order valence-corrected chi connectivity index (χ0v) is 7.78. The van der Waals surface area contributed by atoms with Crippen molar-refractivity contribution in [3.8, 4) is 0 Å². The molecule has 1 aromatic heterocycles. The van der Waals surface area contributed by atoms with Gasteiger partial charge in [-0.1, -0.05) is 20.8 Å². The van der Waals surface area contributed by atoms with Crippen LogP contribution < -0.4 is 5.73 Å². The third kappa shape index (κ3) is 2.01. The standard InChI is InChI=1S/C9H15N3/c1-9(2,3)8(10)7-4-11-6-12-5-7/h4-6,8H,10H2,1-3H3. The van der Waals surface area contributed by atoms with Crippen molar-refractivity contribution in [2.75, 3.05) is 0 Å². The molecule has 0 bridgehead atoms. The Balaban J connectivity index is 2.86. The molecule has 0 fully saturated rings. The van der Waals surface area contributed by atoms with E-state index < -0.39 is 0 Å². The maximum absolute atomic E-state index is 5.99. The molecule has 1 heterocycles. The van der Waals surface area contributed by atoms with Crippen molar-refractivity contribution in [1.82, 2.24) is 9.97 Å². The summed E-state index contributed by atoms with van der Waals surface area (Å²) in [4.78, 5) is 7.86. The first kappa shape index (κ1) is 9.13. The van der Waals surface area contributed by atoms with E-state index in [9.17, 15) is 0 Å². The molecule has 1 rings (SSSR count). The fourth-order valence-corrected chi connectivity index (χ4v) is 0.971. The molecule has 0 saturated heterocycles. The third-order valence-corrected chi connectivity index (χ3v) is 1.87. The molecule has 0 aliphatic rings. The van der Waals surface area contributed by atoms with Crippen LogP contribution in [0.2, 0.25) is 0 Å². The third-order valence-electron chi connectivity index (χ3n) is 1.87. The van der Waals surface area contributed by atoms with Gasteiger partial charge in [-0.3, -0.25) is 0 Å². The summed E-state index contributed by atoms with van der Waals surface area (Å²) in [5.74, 6) is 0. The van der Waals surface area contributed by atoms with Gasteiger partial charge in [0.2, 0.25) is 0 Å². The number of nitrogens with zero attached hydrogens (tertiary/aromatic N) is 2. The Morgan fingerprint density at radius 2 is 1.75 bits per heavy atom. The maximum Gasteiger partial charge on any atom is 0.115 e. The molecule has 0 aliphatic heterocycles. The van der Waals surface area contributed by atoms with Crippen LogP contribution in [0, 0.1) is 5.41 Å². The first-order chi connectivity index (χ1) is 5.52. The number of hydrogen-bond acceptors (Lipinski definition) is 3. The van der Waals surface area contributed by atoms with Gasteiger partial charge in [0.25, 0.3) is 0 Å². The highest BCUT2D eigenvalue weighted by molar-refractivity contribution is 5.11. The topological polar surface area (TPSA) is 51.8 Å². The van der Waals surface area contributed by atoms with Gasteiger partial charge in [0.15, 0.2) is 0 Å². The first-order valence-corrected chi connectivity index (χ1v) is 4.02. The number of rotatable bonds is 1. The van der Waals surface area contributed by atoms with E-state index in [0.717, 1.165) is 5.56 Å². The van der Waals surface area contributed by atoms with Crippen LogP contribution in [0.25, 0.3) is 0 Å². The van der Waals surface area contributed by atoms with Crippen LogP contribution in [0.1, 0.15) is 32.4 Å². The van der Waals surface area contributed by atoms with Crippen molar-refractivity contribution in [1.29, 1.82) is 0 Å². The van der Waals surface area contributed by atoms with Crippen LogP contribution in [-0.2, 0) is 0 Å². The average Bonchev–Trinajstić information content (AvgIpc) is 2.03. The Morgan fingerprint density at radius 1 is 1.25 bits per heavy atom.